The molecule has 0 aliphatic rings. The van der Waals surface area contributed by atoms with Crippen molar-refractivity contribution in [1.82, 2.24) is 0 Å². The van der Waals surface area contributed by atoms with E-state index in [0.29, 0.717) is 5.76 Å². The summed E-state index contributed by atoms with van der Waals surface area (Å²) in [7, 11) is 0. The van der Waals surface area contributed by atoms with Gasteiger partial charge in [-0.1, -0.05) is 0 Å². The molecule has 68 valence electrons. The maximum absolute atomic E-state index is 9.44. The van der Waals surface area contributed by atoms with Gasteiger partial charge in [-0.25, -0.2) is 0 Å². The first-order valence-corrected chi connectivity index (χ1v) is 4.03. The van der Waals surface area contributed by atoms with Crippen molar-refractivity contribution in [2.45, 2.75) is 26.1 Å². The highest BCUT2D eigenvalue weighted by Crippen LogP contribution is 2.13. The van der Waals surface area contributed by atoms with Crippen LogP contribution in [0.5, 0.6) is 0 Å². The Morgan fingerprint density at radius 3 is 2.83 bits per heavy atom. The molecule has 1 aromatic rings. The Kier molecular flexibility index (Phi) is 3.31. The van der Waals surface area contributed by atoms with Gasteiger partial charge in [0, 0.05) is 0 Å². The maximum Gasteiger partial charge on any atom is 0.135 e. The molecule has 0 aliphatic heterocycles. The number of ether oxygens (including phenoxy) is 1. The highest BCUT2D eigenvalue weighted by atomic mass is 16.5. The fourth-order valence-electron chi connectivity index (χ4n) is 0.847. The molecule has 3 nitrogen and oxygen atoms in total. The summed E-state index contributed by atoms with van der Waals surface area (Å²) >= 11 is 0. The molecule has 0 bridgehead atoms. The first-order chi connectivity index (χ1) is 5.70. The van der Waals surface area contributed by atoms with Gasteiger partial charge in [-0.05, 0) is 26.0 Å². The van der Waals surface area contributed by atoms with E-state index in [-0.39, 0.29) is 12.7 Å². The standard InChI is InChI=1S/C9H14O3/c1-7(2)12-6-8(10)9-4-3-5-11-9/h3-5,7-8,10H,6H2,1-2H3. The molecule has 1 aromatic heterocycles. The summed E-state index contributed by atoms with van der Waals surface area (Å²) in [6, 6.07) is 3.47. The second-order valence-electron chi connectivity index (χ2n) is 2.91. The molecular weight excluding hydrogens is 156 g/mol. The van der Waals surface area contributed by atoms with Crippen molar-refractivity contribution in [2.75, 3.05) is 6.61 Å². The van der Waals surface area contributed by atoms with Gasteiger partial charge in [0.15, 0.2) is 0 Å². The van der Waals surface area contributed by atoms with Gasteiger partial charge in [0.1, 0.15) is 11.9 Å². The fourth-order valence-corrected chi connectivity index (χ4v) is 0.847. The number of aliphatic hydroxyl groups is 1. The van der Waals surface area contributed by atoms with Crippen LogP contribution in [0.4, 0.5) is 0 Å². The summed E-state index contributed by atoms with van der Waals surface area (Å²) < 4.78 is 10.2. The minimum Gasteiger partial charge on any atom is -0.467 e. The summed E-state index contributed by atoms with van der Waals surface area (Å²) in [6.45, 7) is 4.13. The summed E-state index contributed by atoms with van der Waals surface area (Å²) in [5.74, 6) is 0.552. The third-order valence-electron chi connectivity index (χ3n) is 1.46. The topological polar surface area (TPSA) is 42.6 Å². The fraction of sp³-hybridized carbons (Fsp3) is 0.556. The second kappa shape index (κ2) is 4.28. The number of hydrogen-bond acceptors (Lipinski definition) is 3. The quantitative estimate of drug-likeness (QED) is 0.748. The molecule has 0 amide bonds. The molecular formula is C9H14O3. The van der Waals surface area contributed by atoms with Gasteiger partial charge >= 0.3 is 0 Å². The van der Waals surface area contributed by atoms with Crippen LogP contribution in [0.3, 0.4) is 0 Å². The normalized spacial score (nSPS) is 13.7. The van der Waals surface area contributed by atoms with Gasteiger partial charge in [-0.2, -0.15) is 0 Å². The van der Waals surface area contributed by atoms with Crippen LogP contribution in [-0.2, 0) is 4.74 Å². The summed E-state index contributed by atoms with van der Waals surface area (Å²) in [4.78, 5) is 0. The molecule has 0 fully saturated rings. The predicted molar refractivity (Wildman–Crippen MR) is 44.8 cm³/mol. The van der Waals surface area contributed by atoms with E-state index in [9.17, 15) is 5.11 Å². The highest BCUT2D eigenvalue weighted by molar-refractivity contribution is 5.01. The predicted octanol–water partition coefficient (Wildman–Crippen LogP) is 1.74. The Morgan fingerprint density at radius 1 is 1.58 bits per heavy atom. The van der Waals surface area contributed by atoms with E-state index < -0.39 is 6.10 Å². The second-order valence-corrected chi connectivity index (χ2v) is 2.91. The summed E-state index contributed by atoms with van der Waals surface area (Å²) in [6.07, 6.45) is 1.02. The van der Waals surface area contributed by atoms with Crippen LogP contribution in [-0.4, -0.2) is 17.8 Å². The van der Waals surface area contributed by atoms with Crippen molar-refractivity contribution in [3.63, 3.8) is 0 Å². The van der Waals surface area contributed by atoms with E-state index >= 15 is 0 Å². The van der Waals surface area contributed by atoms with Gasteiger partial charge < -0.3 is 14.3 Å². The first kappa shape index (κ1) is 9.29. The average molecular weight is 170 g/mol. The van der Waals surface area contributed by atoms with Gasteiger partial charge in [0.25, 0.3) is 0 Å². The zero-order valence-electron chi connectivity index (χ0n) is 7.36. The SMILES string of the molecule is CC(C)OCC(O)c1ccco1. The molecule has 3 heteroatoms. The van der Waals surface area contributed by atoms with E-state index in [4.69, 9.17) is 9.15 Å². The van der Waals surface area contributed by atoms with E-state index in [1.165, 1.54) is 6.26 Å². The van der Waals surface area contributed by atoms with Gasteiger partial charge in [0.05, 0.1) is 19.0 Å². The Morgan fingerprint density at radius 2 is 2.33 bits per heavy atom. The zero-order valence-corrected chi connectivity index (χ0v) is 7.36. The van der Waals surface area contributed by atoms with E-state index in [0.717, 1.165) is 0 Å². The van der Waals surface area contributed by atoms with Crippen LogP contribution in [0.15, 0.2) is 22.8 Å². The minimum absolute atomic E-state index is 0.134. The van der Waals surface area contributed by atoms with E-state index in [1.807, 2.05) is 13.8 Å². The van der Waals surface area contributed by atoms with Crippen molar-refractivity contribution >= 4 is 0 Å². The molecule has 0 spiro atoms. The largest absolute Gasteiger partial charge is 0.467 e. The Bertz CT molecular complexity index is 204. The van der Waals surface area contributed by atoms with Gasteiger partial charge in [-0.15, -0.1) is 0 Å². The van der Waals surface area contributed by atoms with Gasteiger partial charge in [0.2, 0.25) is 0 Å². The summed E-state index contributed by atoms with van der Waals surface area (Å²) in [5, 5.41) is 9.44. The van der Waals surface area contributed by atoms with E-state index in [1.54, 1.807) is 12.1 Å². The third kappa shape index (κ3) is 2.68. The van der Waals surface area contributed by atoms with Crippen molar-refractivity contribution in [2.24, 2.45) is 0 Å². The smallest absolute Gasteiger partial charge is 0.135 e. The van der Waals surface area contributed by atoms with Crippen LogP contribution in [0, 0.1) is 0 Å². The third-order valence-corrected chi connectivity index (χ3v) is 1.46. The molecule has 1 heterocycles. The molecule has 0 saturated heterocycles. The first-order valence-electron chi connectivity index (χ1n) is 4.03. The molecule has 1 rings (SSSR count). The Labute approximate surface area is 72.0 Å². The lowest BCUT2D eigenvalue weighted by molar-refractivity contribution is -0.00345. The molecule has 1 atom stereocenters. The zero-order chi connectivity index (χ0) is 8.97. The lowest BCUT2D eigenvalue weighted by Gasteiger charge is -2.10. The lowest BCUT2D eigenvalue weighted by Crippen LogP contribution is -2.11. The molecule has 1 N–H and O–H groups in total. The van der Waals surface area contributed by atoms with Crippen molar-refractivity contribution < 1.29 is 14.3 Å². The number of hydrogen-bond donors (Lipinski definition) is 1. The highest BCUT2D eigenvalue weighted by Gasteiger charge is 2.10. The molecule has 0 radical (unpaired) electrons. The lowest BCUT2D eigenvalue weighted by atomic mass is 10.3. The Hall–Kier alpha value is -0.800. The molecule has 0 aliphatic carbocycles. The van der Waals surface area contributed by atoms with Gasteiger partial charge in [-0.3, -0.25) is 0 Å². The van der Waals surface area contributed by atoms with Crippen molar-refractivity contribution in [3.8, 4) is 0 Å². The number of aliphatic hydroxyl groups excluding tert-OH is 1. The van der Waals surface area contributed by atoms with Crippen molar-refractivity contribution in [1.29, 1.82) is 0 Å². The molecule has 0 aromatic carbocycles. The van der Waals surface area contributed by atoms with Crippen LogP contribution in [0.25, 0.3) is 0 Å². The van der Waals surface area contributed by atoms with Crippen LogP contribution < -0.4 is 0 Å². The van der Waals surface area contributed by atoms with Crippen LogP contribution in [0.2, 0.25) is 0 Å². The monoisotopic (exact) mass is 170 g/mol. The van der Waals surface area contributed by atoms with Crippen molar-refractivity contribution in [3.05, 3.63) is 24.2 Å². The number of rotatable bonds is 4. The molecule has 12 heavy (non-hydrogen) atoms. The van der Waals surface area contributed by atoms with Crippen LogP contribution in [0.1, 0.15) is 25.7 Å². The average Bonchev–Trinajstić information content (AvgIpc) is 2.51. The molecule has 1 unspecified atom stereocenters. The maximum atomic E-state index is 9.44. The molecule has 0 saturated carbocycles. The number of furan rings is 1. The van der Waals surface area contributed by atoms with Crippen LogP contribution >= 0.6 is 0 Å². The Balaban J connectivity index is 2.34. The van der Waals surface area contributed by atoms with E-state index in [2.05, 4.69) is 0 Å². The minimum atomic E-state index is -0.651. The summed E-state index contributed by atoms with van der Waals surface area (Å²) in [5.41, 5.74) is 0.